The van der Waals surface area contributed by atoms with Gasteiger partial charge in [0.05, 0.1) is 0 Å². The number of aromatic nitrogens is 2. The topological polar surface area (TPSA) is 66.9 Å². The molecule has 0 aliphatic carbocycles. The fourth-order valence-electron chi connectivity index (χ4n) is 1.78. The number of anilines is 1. The Morgan fingerprint density at radius 3 is 2.55 bits per heavy atom. The zero-order valence-electron chi connectivity index (χ0n) is 11.5. The number of carbonyl (C=O) groups is 1. The third-order valence-electron chi connectivity index (χ3n) is 2.80. The largest absolute Gasteiger partial charge is 0.369 e. The summed E-state index contributed by atoms with van der Waals surface area (Å²) in [6.45, 7) is 3.34. The molecule has 1 aromatic carbocycles. The third kappa shape index (κ3) is 4.05. The standard InChI is InChI=1S/C15H18N4O/c1-2-16-14-9-8-13(18-19-14)15(20)17-11-10-12-6-4-3-5-7-12/h3-9H,2,10-11H2,1H3,(H,16,19)(H,17,20). The Hall–Kier alpha value is -2.43. The lowest BCUT2D eigenvalue weighted by Gasteiger charge is -2.05. The molecular formula is C15H18N4O. The van der Waals surface area contributed by atoms with E-state index in [0.29, 0.717) is 18.1 Å². The van der Waals surface area contributed by atoms with E-state index >= 15 is 0 Å². The first-order chi connectivity index (χ1) is 9.79. The van der Waals surface area contributed by atoms with Gasteiger partial charge in [-0.3, -0.25) is 4.79 Å². The summed E-state index contributed by atoms with van der Waals surface area (Å²) in [7, 11) is 0. The molecule has 0 aliphatic rings. The Kier molecular flexibility index (Phi) is 5.06. The minimum absolute atomic E-state index is 0.198. The van der Waals surface area contributed by atoms with Gasteiger partial charge in [-0.2, -0.15) is 0 Å². The molecule has 20 heavy (non-hydrogen) atoms. The lowest BCUT2D eigenvalue weighted by molar-refractivity contribution is 0.0948. The van der Waals surface area contributed by atoms with Gasteiger partial charge in [0.15, 0.2) is 5.69 Å². The van der Waals surface area contributed by atoms with Crippen LogP contribution in [-0.2, 0) is 6.42 Å². The second kappa shape index (κ2) is 7.23. The van der Waals surface area contributed by atoms with E-state index in [1.165, 1.54) is 5.56 Å². The molecule has 104 valence electrons. The summed E-state index contributed by atoms with van der Waals surface area (Å²) in [5.74, 6) is 0.477. The van der Waals surface area contributed by atoms with Crippen molar-refractivity contribution in [2.45, 2.75) is 13.3 Å². The first-order valence-corrected chi connectivity index (χ1v) is 6.69. The number of carbonyl (C=O) groups excluding carboxylic acids is 1. The SMILES string of the molecule is CCNc1ccc(C(=O)NCCc2ccccc2)nn1. The Morgan fingerprint density at radius 1 is 1.10 bits per heavy atom. The van der Waals surface area contributed by atoms with E-state index in [1.807, 2.05) is 37.3 Å². The average Bonchev–Trinajstić information content (AvgIpc) is 2.49. The summed E-state index contributed by atoms with van der Waals surface area (Å²) in [5, 5.41) is 13.7. The number of hydrogen-bond acceptors (Lipinski definition) is 4. The fourth-order valence-corrected chi connectivity index (χ4v) is 1.78. The minimum Gasteiger partial charge on any atom is -0.369 e. The molecule has 5 heteroatoms. The number of rotatable bonds is 6. The highest BCUT2D eigenvalue weighted by Gasteiger charge is 2.07. The smallest absolute Gasteiger partial charge is 0.271 e. The molecule has 1 heterocycles. The molecule has 0 bridgehead atoms. The Labute approximate surface area is 118 Å². The van der Waals surface area contributed by atoms with Gasteiger partial charge in [-0.05, 0) is 31.0 Å². The number of hydrogen-bond donors (Lipinski definition) is 2. The first kappa shape index (κ1) is 14.0. The van der Waals surface area contributed by atoms with Crippen LogP contribution in [0, 0.1) is 0 Å². The molecule has 0 spiro atoms. The van der Waals surface area contributed by atoms with Crippen molar-refractivity contribution < 1.29 is 4.79 Å². The van der Waals surface area contributed by atoms with Crippen LogP contribution >= 0.6 is 0 Å². The molecule has 2 rings (SSSR count). The van der Waals surface area contributed by atoms with Crippen LogP contribution in [0.2, 0.25) is 0 Å². The molecule has 0 aliphatic heterocycles. The third-order valence-corrected chi connectivity index (χ3v) is 2.80. The molecule has 0 saturated heterocycles. The first-order valence-electron chi connectivity index (χ1n) is 6.69. The molecule has 0 radical (unpaired) electrons. The predicted molar refractivity (Wildman–Crippen MR) is 78.7 cm³/mol. The van der Waals surface area contributed by atoms with Crippen molar-refractivity contribution in [3.63, 3.8) is 0 Å². The van der Waals surface area contributed by atoms with Gasteiger partial charge in [-0.25, -0.2) is 0 Å². The molecule has 2 N–H and O–H groups in total. The maximum absolute atomic E-state index is 11.9. The van der Waals surface area contributed by atoms with Gasteiger partial charge in [-0.1, -0.05) is 30.3 Å². The number of amides is 1. The van der Waals surface area contributed by atoms with E-state index in [0.717, 1.165) is 13.0 Å². The molecule has 2 aromatic rings. The number of benzene rings is 1. The monoisotopic (exact) mass is 270 g/mol. The van der Waals surface area contributed by atoms with Gasteiger partial charge in [0.1, 0.15) is 5.82 Å². The zero-order valence-corrected chi connectivity index (χ0v) is 11.5. The summed E-state index contributed by atoms with van der Waals surface area (Å²) in [6.07, 6.45) is 0.801. The highest BCUT2D eigenvalue weighted by molar-refractivity contribution is 5.92. The lowest BCUT2D eigenvalue weighted by atomic mass is 10.1. The van der Waals surface area contributed by atoms with Crippen molar-refractivity contribution in [2.24, 2.45) is 0 Å². The van der Waals surface area contributed by atoms with Crippen LogP contribution in [0.15, 0.2) is 42.5 Å². The molecule has 1 aromatic heterocycles. The average molecular weight is 270 g/mol. The van der Waals surface area contributed by atoms with E-state index in [1.54, 1.807) is 12.1 Å². The van der Waals surface area contributed by atoms with Gasteiger partial charge >= 0.3 is 0 Å². The summed E-state index contributed by atoms with van der Waals surface area (Å²) in [6, 6.07) is 13.5. The molecule has 0 atom stereocenters. The number of nitrogens with one attached hydrogen (secondary N) is 2. The second-order valence-corrected chi connectivity index (χ2v) is 4.33. The van der Waals surface area contributed by atoms with Gasteiger partial charge < -0.3 is 10.6 Å². The van der Waals surface area contributed by atoms with Crippen LogP contribution in [-0.4, -0.2) is 29.2 Å². The number of nitrogens with zero attached hydrogens (tertiary/aromatic N) is 2. The van der Waals surface area contributed by atoms with Crippen LogP contribution in [0.25, 0.3) is 0 Å². The second-order valence-electron chi connectivity index (χ2n) is 4.33. The Balaban J connectivity index is 1.82. The highest BCUT2D eigenvalue weighted by Crippen LogP contribution is 2.02. The molecule has 1 amide bonds. The quantitative estimate of drug-likeness (QED) is 0.841. The van der Waals surface area contributed by atoms with Gasteiger partial charge in [0, 0.05) is 13.1 Å². The van der Waals surface area contributed by atoms with Gasteiger partial charge in [0.2, 0.25) is 0 Å². The van der Waals surface area contributed by atoms with E-state index in [4.69, 9.17) is 0 Å². The van der Waals surface area contributed by atoms with Crippen molar-refractivity contribution in [3.8, 4) is 0 Å². The van der Waals surface area contributed by atoms with Gasteiger partial charge in [0.25, 0.3) is 5.91 Å². The molecule has 0 fully saturated rings. The molecule has 0 unspecified atom stereocenters. The fraction of sp³-hybridized carbons (Fsp3) is 0.267. The lowest BCUT2D eigenvalue weighted by Crippen LogP contribution is -2.26. The predicted octanol–water partition coefficient (Wildman–Crippen LogP) is 1.88. The normalized spacial score (nSPS) is 10.1. The maximum atomic E-state index is 11.9. The Bertz CT molecular complexity index is 540. The van der Waals surface area contributed by atoms with E-state index in [2.05, 4.69) is 20.8 Å². The van der Waals surface area contributed by atoms with Crippen molar-refractivity contribution in [2.75, 3.05) is 18.4 Å². The summed E-state index contributed by atoms with van der Waals surface area (Å²) < 4.78 is 0. The van der Waals surface area contributed by atoms with E-state index in [9.17, 15) is 4.79 Å². The minimum atomic E-state index is -0.198. The highest BCUT2D eigenvalue weighted by atomic mass is 16.1. The molecule has 0 saturated carbocycles. The van der Waals surface area contributed by atoms with Crippen molar-refractivity contribution in [1.29, 1.82) is 0 Å². The zero-order chi connectivity index (χ0) is 14.2. The Morgan fingerprint density at radius 2 is 1.90 bits per heavy atom. The van der Waals surface area contributed by atoms with Gasteiger partial charge in [-0.15, -0.1) is 10.2 Å². The van der Waals surface area contributed by atoms with Crippen LogP contribution in [0.4, 0.5) is 5.82 Å². The van der Waals surface area contributed by atoms with Crippen LogP contribution in [0.1, 0.15) is 23.0 Å². The van der Waals surface area contributed by atoms with Crippen LogP contribution in [0.3, 0.4) is 0 Å². The van der Waals surface area contributed by atoms with Crippen molar-refractivity contribution in [1.82, 2.24) is 15.5 Å². The van der Waals surface area contributed by atoms with E-state index < -0.39 is 0 Å². The van der Waals surface area contributed by atoms with Crippen LogP contribution in [0.5, 0.6) is 0 Å². The molecular weight excluding hydrogens is 252 g/mol. The maximum Gasteiger partial charge on any atom is 0.271 e. The summed E-state index contributed by atoms with van der Waals surface area (Å²) in [4.78, 5) is 11.9. The summed E-state index contributed by atoms with van der Waals surface area (Å²) >= 11 is 0. The molecule has 5 nitrogen and oxygen atoms in total. The van der Waals surface area contributed by atoms with Crippen molar-refractivity contribution in [3.05, 3.63) is 53.7 Å². The van der Waals surface area contributed by atoms with Crippen LogP contribution < -0.4 is 10.6 Å². The summed E-state index contributed by atoms with van der Waals surface area (Å²) in [5.41, 5.74) is 1.53. The van der Waals surface area contributed by atoms with Crippen molar-refractivity contribution >= 4 is 11.7 Å². The van der Waals surface area contributed by atoms with E-state index in [-0.39, 0.29) is 5.91 Å².